The fourth-order valence-corrected chi connectivity index (χ4v) is 2.48. The van der Waals surface area contributed by atoms with Crippen molar-refractivity contribution in [1.82, 2.24) is 9.88 Å². The zero-order valence-corrected chi connectivity index (χ0v) is 11.5. The van der Waals surface area contributed by atoms with Gasteiger partial charge < -0.3 is 10.0 Å². The number of nitrogens with zero attached hydrogens (tertiary/aromatic N) is 2. The Kier molecular flexibility index (Phi) is 3.40. The lowest BCUT2D eigenvalue weighted by atomic mass is 10.1. The Morgan fingerprint density at radius 3 is 2.90 bits per heavy atom. The zero-order chi connectivity index (χ0) is 14.1. The summed E-state index contributed by atoms with van der Waals surface area (Å²) in [5, 5.41) is 10.8. The highest BCUT2D eigenvalue weighted by Crippen LogP contribution is 2.32. The second kappa shape index (κ2) is 5.21. The zero-order valence-electron chi connectivity index (χ0n) is 11.5. The van der Waals surface area contributed by atoms with E-state index in [0.29, 0.717) is 18.0 Å². The number of carbonyl (C=O) groups excluding carboxylic acids is 1. The molecule has 20 heavy (non-hydrogen) atoms. The van der Waals surface area contributed by atoms with Gasteiger partial charge in [-0.3, -0.25) is 9.78 Å². The van der Waals surface area contributed by atoms with E-state index in [9.17, 15) is 9.90 Å². The van der Waals surface area contributed by atoms with Gasteiger partial charge >= 0.3 is 0 Å². The van der Waals surface area contributed by atoms with Crippen LogP contribution in [0.4, 0.5) is 0 Å². The Bertz CT molecular complexity index is 632. The van der Waals surface area contributed by atoms with Gasteiger partial charge in [-0.1, -0.05) is 18.2 Å². The predicted octanol–water partition coefficient (Wildman–Crippen LogP) is 2.08. The lowest BCUT2D eigenvalue weighted by molar-refractivity contribution is 0.0647. The van der Waals surface area contributed by atoms with Crippen molar-refractivity contribution in [2.24, 2.45) is 5.92 Å². The van der Waals surface area contributed by atoms with E-state index < -0.39 is 6.10 Å². The number of para-hydroxylation sites is 1. The normalized spacial score (nSPS) is 16.1. The van der Waals surface area contributed by atoms with Gasteiger partial charge in [0.1, 0.15) is 0 Å². The van der Waals surface area contributed by atoms with Crippen LogP contribution in [0.25, 0.3) is 10.9 Å². The topological polar surface area (TPSA) is 53.4 Å². The molecule has 1 heterocycles. The fourth-order valence-electron chi connectivity index (χ4n) is 2.48. The summed E-state index contributed by atoms with van der Waals surface area (Å²) in [7, 11) is 1.74. The number of fused-ring (bicyclic) bond motifs is 1. The minimum atomic E-state index is -0.406. The van der Waals surface area contributed by atoms with Crippen LogP contribution in [0.15, 0.2) is 36.5 Å². The maximum absolute atomic E-state index is 12.5. The number of likely N-dealkylation sites (N-methyl/N-ethyl adjacent to an activating group) is 1. The number of carbonyl (C=O) groups is 1. The molecule has 0 aliphatic heterocycles. The van der Waals surface area contributed by atoms with Crippen molar-refractivity contribution in [1.29, 1.82) is 0 Å². The Morgan fingerprint density at radius 1 is 1.40 bits per heavy atom. The minimum absolute atomic E-state index is 0.0664. The summed E-state index contributed by atoms with van der Waals surface area (Å²) in [6, 6.07) is 9.35. The first-order chi connectivity index (χ1) is 9.66. The number of rotatable bonds is 4. The Labute approximate surface area is 118 Å². The van der Waals surface area contributed by atoms with Crippen LogP contribution < -0.4 is 0 Å². The predicted molar refractivity (Wildman–Crippen MR) is 77.4 cm³/mol. The van der Waals surface area contributed by atoms with Crippen LogP contribution in [0.1, 0.15) is 23.2 Å². The molecule has 4 heteroatoms. The maximum Gasteiger partial charge on any atom is 0.254 e. The van der Waals surface area contributed by atoms with Crippen LogP contribution in [0.3, 0.4) is 0 Å². The average Bonchev–Trinajstić information content (AvgIpc) is 3.30. The van der Waals surface area contributed by atoms with E-state index in [1.807, 2.05) is 24.3 Å². The van der Waals surface area contributed by atoms with Gasteiger partial charge in [0.05, 0.1) is 17.2 Å². The maximum atomic E-state index is 12.5. The van der Waals surface area contributed by atoms with Crippen LogP contribution in [0.2, 0.25) is 0 Å². The van der Waals surface area contributed by atoms with E-state index in [0.717, 1.165) is 23.7 Å². The number of amides is 1. The Hall–Kier alpha value is -1.94. The number of pyridine rings is 1. The summed E-state index contributed by atoms with van der Waals surface area (Å²) in [5.74, 6) is 0.308. The first-order valence-corrected chi connectivity index (χ1v) is 6.94. The van der Waals surface area contributed by atoms with E-state index in [2.05, 4.69) is 4.98 Å². The summed E-state index contributed by atoms with van der Waals surface area (Å²) in [5.41, 5.74) is 1.45. The van der Waals surface area contributed by atoms with Crippen molar-refractivity contribution < 1.29 is 9.90 Å². The van der Waals surface area contributed by atoms with Crippen LogP contribution in [0.5, 0.6) is 0 Å². The molecule has 1 amide bonds. The molecule has 3 rings (SSSR count). The van der Waals surface area contributed by atoms with E-state index in [1.165, 1.54) is 0 Å². The highest BCUT2D eigenvalue weighted by Gasteiger charge is 2.31. The molecule has 1 atom stereocenters. The third kappa shape index (κ3) is 2.51. The van der Waals surface area contributed by atoms with Gasteiger partial charge in [0.25, 0.3) is 5.91 Å². The molecule has 1 N–H and O–H groups in total. The quantitative estimate of drug-likeness (QED) is 0.925. The van der Waals surface area contributed by atoms with E-state index >= 15 is 0 Å². The van der Waals surface area contributed by atoms with Crippen molar-refractivity contribution in [3.8, 4) is 0 Å². The van der Waals surface area contributed by atoms with Gasteiger partial charge in [-0.25, -0.2) is 0 Å². The fraction of sp³-hybridized carbons (Fsp3) is 0.375. The van der Waals surface area contributed by atoms with Gasteiger partial charge in [0.15, 0.2) is 0 Å². The summed E-state index contributed by atoms with van der Waals surface area (Å²) in [4.78, 5) is 18.4. The highest BCUT2D eigenvalue weighted by molar-refractivity contribution is 6.05. The van der Waals surface area contributed by atoms with Gasteiger partial charge in [-0.2, -0.15) is 0 Å². The molecule has 1 fully saturated rings. The second-order valence-electron chi connectivity index (χ2n) is 5.47. The van der Waals surface area contributed by atoms with Gasteiger partial charge in [-0.05, 0) is 30.9 Å². The average molecular weight is 270 g/mol. The first kappa shape index (κ1) is 13.1. The number of aromatic nitrogens is 1. The highest BCUT2D eigenvalue weighted by atomic mass is 16.3. The number of aliphatic hydroxyl groups is 1. The molecule has 1 saturated carbocycles. The van der Waals surface area contributed by atoms with Gasteiger partial charge in [0, 0.05) is 25.2 Å². The van der Waals surface area contributed by atoms with Crippen molar-refractivity contribution in [3.63, 3.8) is 0 Å². The second-order valence-corrected chi connectivity index (χ2v) is 5.47. The van der Waals surface area contributed by atoms with Gasteiger partial charge in [0.2, 0.25) is 0 Å². The summed E-state index contributed by atoms with van der Waals surface area (Å²) in [6.07, 6.45) is 3.39. The van der Waals surface area contributed by atoms with Crippen molar-refractivity contribution in [3.05, 3.63) is 42.1 Å². The third-order valence-electron chi connectivity index (χ3n) is 3.85. The number of benzene rings is 1. The first-order valence-electron chi connectivity index (χ1n) is 6.94. The molecular formula is C16H18N2O2. The molecule has 1 aromatic heterocycles. The summed E-state index contributed by atoms with van der Waals surface area (Å²) >= 11 is 0. The lowest BCUT2D eigenvalue weighted by Gasteiger charge is -2.21. The summed E-state index contributed by atoms with van der Waals surface area (Å²) in [6.45, 7) is 0.389. The lowest BCUT2D eigenvalue weighted by Crippen LogP contribution is -2.35. The largest absolute Gasteiger partial charge is 0.391 e. The molecular weight excluding hydrogens is 252 g/mol. The molecule has 1 aliphatic rings. The van der Waals surface area contributed by atoms with Crippen molar-refractivity contribution >= 4 is 16.8 Å². The van der Waals surface area contributed by atoms with E-state index in [4.69, 9.17) is 0 Å². The van der Waals surface area contributed by atoms with Crippen molar-refractivity contribution in [2.75, 3.05) is 13.6 Å². The molecule has 4 nitrogen and oxygen atoms in total. The molecule has 0 radical (unpaired) electrons. The monoisotopic (exact) mass is 270 g/mol. The number of hydrogen-bond acceptors (Lipinski definition) is 3. The molecule has 0 spiro atoms. The molecule has 1 aromatic carbocycles. The van der Waals surface area contributed by atoms with E-state index in [-0.39, 0.29) is 5.91 Å². The summed E-state index contributed by atoms with van der Waals surface area (Å²) < 4.78 is 0. The van der Waals surface area contributed by atoms with Crippen LogP contribution >= 0.6 is 0 Å². The molecule has 104 valence electrons. The minimum Gasteiger partial charge on any atom is -0.391 e. The number of aliphatic hydroxyl groups excluding tert-OH is 1. The van der Waals surface area contributed by atoms with Crippen LogP contribution in [-0.2, 0) is 0 Å². The molecule has 0 bridgehead atoms. The number of hydrogen-bond donors (Lipinski definition) is 1. The van der Waals surface area contributed by atoms with Crippen molar-refractivity contribution in [2.45, 2.75) is 18.9 Å². The standard InChI is InChI=1S/C16H18N2O2/c1-18(10-15(19)11-6-7-11)16(20)13-8-9-17-14-5-3-2-4-12(13)14/h2-5,8-9,11,15,19H,6-7,10H2,1H3. The van der Waals surface area contributed by atoms with Gasteiger partial charge in [-0.15, -0.1) is 0 Å². The van der Waals surface area contributed by atoms with Crippen LogP contribution in [0, 0.1) is 5.92 Å². The smallest absolute Gasteiger partial charge is 0.254 e. The third-order valence-corrected chi connectivity index (χ3v) is 3.85. The van der Waals surface area contributed by atoms with E-state index in [1.54, 1.807) is 24.2 Å². The molecule has 1 aliphatic carbocycles. The molecule has 1 unspecified atom stereocenters. The van der Waals surface area contributed by atoms with Crippen LogP contribution in [-0.4, -0.2) is 40.6 Å². The SMILES string of the molecule is CN(CC(O)C1CC1)C(=O)c1ccnc2ccccc12. The molecule has 2 aromatic rings. The Morgan fingerprint density at radius 2 is 2.15 bits per heavy atom. The Balaban J connectivity index is 1.84. The molecule has 0 saturated heterocycles.